The van der Waals surface area contributed by atoms with Crippen LogP contribution in [0, 0.1) is 0 Å². The maximum atomic E-state index is 13.8. The van der Waals surface area contributed by atoms with Crippen molar-refractivity contribution in [3.8, 4) is 0 Å². The summed E-state index contributed by atoms with van der Waals surface area (Å²) in [6, 6.07) is 9.08. The fourth-order valence-electron chi connectivity index (χ4n) is 5.65. The average molecular weight is 493 g/mol. The summed E-state index contributed by atoms with van der Waals surface area (Å²) in [4.78, 5) is 32.0. The molecule has 1 aromatic heterocycles. The third-order valence-corrected chi connectivity index (χ3v) is 7.73. The van der Waals surface area contributed by atoms with Crippen LogP contribution in [-0.4, -0.2) is 54.1 Å². The van der Waals surface area contributed by atoms with E-state index in [9.17, 15) is 14.7 Å². The number of aliphatic hydroxyl groups excluding tert-OH is 1. The first-order valence-electron chi connectivity index (χ1n) is 13.1. The number of pyridine rings is 1. The molecule has 2 heterocycles. The van der Waals surface area contributed by atoms with Gasteiger partial charge in [-0.05, 0) is 41.5 Å². The third-order valence-electron chi connectivity index (χ3n) is 7.73. The lowest BCUT2D eigenvalue weighted by Crippen LogP contribution is -2.44. The summed E-state index contributed by atoms with van der Waals surface area (Å²) in [6.45, 7) is 6.79. The number of hydrogen-bond donors (Lipinski definition) is 3. The van der Waals surface area contributed by atoms with Crippen LogP contribution in [0.25, 0.3) is 0 Å². The van der Waals surface area contributed by atoms with Gasteiger partial charge >= 0.3 is 0 Å². The Bertz CT molecular complexity index is 1050. The summed E-state index contributed by atoms with van der Waals surface area (Å²) in [5.74, 6) is -0.460. The minimum absolute atomic E-state index is 0.0553. The smallest absolute Gasteiger partial charge is 0.247 e. The zero-order chi connectivity index (χ0) is 25.9. The zero-order valence-corrected chi connectivity index (χ0v) is 21.9. The van der Waals surface area contributed by atoms with Crippen molar-refractivity contribution in [2.75, 3.05) is 18.5 Å². The molecule has 1 amide bonds. The number of amides is 1. The van der Waals surface area contributed by atoms with E-state index in [-0.39, 0.29) is 17.4 Å². The lowest BCUT2D eigenvalue weighted by atomic mass is 9.81. The molecule has 2 aliphatic rings. The quantitative estimate of drug-likeness (QED) is 0.511. The van der Waals surface area contributed by atoms with Gasteiger partial charge in [-0.15, -0.1) is 0 Å². The number of carbonyl (C=O) groups is 2. The fourth-order valence-corrected chi connectivity index (χ4v) is 5.65. The number of benzene rings is 1. The number of hydrogen-bond acceptors (Lipinski definition) is 6. The Morgan fingerprint density at radius 3 is 2.61 bits per heavy atom. The second-order valence-corrected chi connectivity index (χ2v) is 11.3. The summed E-state index contributed by atoms with van der Waals surface area (Å²) in [6.07, 6.45) is 9.12. The minimum atomic E-state index is -0.699. The van der Waals surface area contributed by atoms with Gasteiger partial charge in [-0.3, -0.25) is 9.78 Å². The predicted molar refractivity (Wildman–Crippen MR) is 142 cm³/mol. The van der Waals surface area contributed by atoms with E-state index in [1.165, 1.54) is 6.42 Å². The Morgan fingerprint density at radius 2 is 1.97 bits per heavy atom. The van der Waals surface area contributed by atoms with Crippen LogP contribution in [0.2, 0.25) is 0 Å². The predicted octanol–water partition coefficient (Wildman–Crippen LogP) is 3.62. The highest BCUT2D eigenvalue weighted by molar-refractivity contribution is 5.87. The number of carbonyl (C=O) groups excluding carboxylic acids is 2. The largest absolute Gasteiger partial charge is 0.391 e. The first-order valence-corrected chi connectivity index (χ1v) is 13.1. The summed E-state index contributed by atoms with van der Waals surface area (Å²) < 4.78 is 0. The van der Waals surface area contributed by atoms with Crippen molar-refractivity contribution in [1.82, 2.24) is 15.6 Å². The van der Waals surface area contributed by atoms with Gasteiger partial charge in [0.2, 0.25) is 5.91 Å². The van der Waals surface area contributed by atoms with E-state index < -0.39 is 24.1 Å². The van der Waals surface area contributed by atoms with Crippen molar-refractivity contribution in [1.29, 1.82) is 0 Å². The van der Waals surface area contributed by atoms with Crippen molar-refractivity contribution in [2.24, 2.45) is 0 Å². The van der Waals surface area contributed by atoms with E-state index in [1.807, 2.05) is 30.1 Å². The van der Waals surface area contributed by atoms with Gasteiger partial charge in [-0.1, -0.05) is 58.2 Å². The Morgan fingerprint density at radius 1 is 1.22 bits per heavy atom. The van der Waals surface area contributed by atoms with Gasteiger partial charge in [0, 0.05) is 49.2 Å². The van der Waals surface area contributed by atoms with Crippen LogP contribution in [-0.2, 0) is 15.0 Å². The monoisotopic (exact) mass is 492 g/mol. The summed E-state index contributed by atoms with van der Waals surface area (Å²) >= 11 is 0. The highest BCUT2D eigenvalue weighted by Gasteiger charge is 2.39. The minimum Gasteiger partial charge on any atom is -0.391 e. The van der Waals surface area contributed by atoms with Crippen LogP contribution < -0.4 is 15.5 Å². The summed E-state index contributed by atoms with van der Waals surface area (Å²) in [7, 11) is 1.92. The SMILES string of the molecule is CN(c1ccc(C(C)(C)C)cc1C1C(O)CNC1C=O)C(C(=O)NC1CCCCC1)c1cccnc1. The molecule has 0 radical (unpaired) electrons. The molecular weight excluding hydrogens is 452 g/mol. The highest BCUT2D eigenvalue weighted by atomic mass is 16.3. The van der Waals surface area contributed by atoms with E-state index >= 15 is 0 Å². The molecule has 194 valence electrons. The van der Waals surface area contributed by atoms with Crippen LogP contribution in [0.5, 0.6) is 0 Å². The van der Waals surface area contributed by atoms with Crippen LogP contribution in [0.15, 0.2) is 42.7 Å². The van der Waals surface area contributed by atoms with Crippen LogP contribution in [0.1, 0.15) is 81.5 Å². The molecule has 1 saturated heterocycles. The average Bonchev–Trinajstić information content (AvgIpc) is 3.24. The molecule has 1 aliphatic heterocycles. The molecule has 4 atom stereocenters. The summed E-state index contributed by atoms with van der Waals surface area (Å²) in [5, 5.41) is 17.3. The second kappa shape index (κ2) is 11.1. The number of aromatic nitrogens is 1. The standard InChI is InChI=1S/C29H40N4O3/c1-29(2,3)20-12-13-24(22(15-20)26-23(18-34)31-17-25(26)35)33(4)27(19-9-8-14-30-16-19)28(36)32-21-10-6-5-7-11-21/h8-9,12-16,18,21,23,25-27,31,35H,5-7,10-11,17H2,1-4H3,(H,32,36). The normalized spacial score (nSPS) is 23.8. The molecule has 2 aromatic rings. The van der Waals surface area contributed by atoms with Gasteiger partial charge in [-0.25, -0.2) is 0 Å². The molecule has 3 N–H and O–H groups in total. The van der Waals surface area contributed by atoms with Crippen molar-refractivity contribution in [2.45, 2.75) is 88.4 Å². The topological polar surface area (TPSA) is 94.6 Å². The van der Waals surface area contributed by atoms with E-state index in [4.69, 9.17) is 0 Å². The van der Waals surface area contributed by atoms with Crippen LogP contribution >= 0.6 is 0 Å². The first kappa shape index (κ1) is 26.3. The molecule has 4 unspecified atom stereocenters. The maximum Gasteiger partial charge on any atom is 0.247 e. The Kier molecular flexibility index (Phi) is 8.10. The first-order chi connectivity index (χ1) is 17.2. The number of aliphatic hydroxyl groups is 1. The van der Waals surface area contributed by atoms with Crippen molar-refractivity contribution in [3.63, 3.8) is 0 Å². The zero-order valence-electron chi connectivity index (χ0n) is 21.9. The number of nitrogens with zero attached hydrogens (tertiary/aromatic N) is 2. The third kappa shape index (κ3) is 5.62. The second-order valence-electron chi connectivity index (χ2n) is 11.3. The number of nitrogens with one attached hydrogen (secondary N) is 2. The van der Waals surface area contributed by atoms with E-state index in [0.29, 0.717) is 6.54 Å². The maximum absolute atomic E-state index is 13.8. The van der Waals surface area contributed by atoms with Gasteiger partial charge in [0.15, 0.2) is 0 Å². The number of likely N-dealkylation sites (N-methyl/N-ethyl adjacent to an activating group) is 1. The lowest BCUT2D eigenvalue weighted by molar-refractivity contribution is -0.123. The van der Waals surface area contributed by atoms with Crippen molar-refractivity contribution in [3.05, 3.63) is 59.4 Å². The molecular formula is C29H40N4O3. The molecule has 1 saturated carbocycles. The van der Waals surface area contributed by atoms with Crippen LogP contribution in [0.4, 0.5) is 5.69 Å². The molecule has 2 fully saturated rings. The molecule has 1 aliphatic carbocycles. The molecule has 1 aromatic carbocycles. The van der Waals surface area contributed by atoms with E-state index in [2.05, 4.69) is 48.5 Å². The number of β-amino-alcohol motifs (C(OH)–C–C–N with tert-alkyl or cyclic N) is 1. The molecule has 4 rings (SSSR count). The van der Waals surface area contributed by atoms with Gasteiger partial charge in [0.1, 0.15) is 12.3 Å². The molecule has 0 spiro atoms. The van der Waals surface area contributed by atoms with Crippen LogP contribution in [0.3, 0.4) is 0 Å². The van der Waals surface area contributed by atoms with Gasteiger partial charge in [0.05, 0.1) is 12.1 Å². The number of aldehydes is 1. The molecule has 7 nitrogen and oxygen atoms in total. The highest BCUT2D eigenvalue weighted by Crippen LogP contribution is 2.40. The summed E-state index contributed by atoms with van der Waals surface area (Å²) in [5.41, 5.74) is 3.51. The van der Waals surface area contributed by atoms with Crippen molar-refractivity contribution < 1.29 is 14.7 Å². The molecule has 36 heavy (non-hydrogen) atoms. The number of anilines is 1. The Balaban J connectivity index is 1.77. The molecule has 7 heteroatoms. The fraction of sp³-hybridized carbons (Fsp3) is 0.552. The Hall–Kier alpha value is -2.77. The number of rotatable bonds is 7. The molecule has 0 bridgehead atoms. The lowest BCUT2D eigenvalue weighted by Gasteiger charge is -2.35. The van der Waals surface area contributed by atoms with E-state index in [1.54, 1.807) is 12.4 Å². The van der Waals surface area contributed by atoms with Gasteiger partial charge < -0.3 is 25.4 Å². The van der Waals surface area contributed by atoms with Gasteiger partial charge in [0.25, 0.3) is 0 Å². The van der Waals surface area contributed by atoms with E-state index in [0.717, 1.165) is 54.3 Å². The van der Waals surface area contributed by atoms with Gasteiger partial charge in [-0.2, -0.15) is 0 Å². The van der Waals surface area contributed by atoms with Crippen molar-refractivity contribution >= 4 is 17.9 Å². The Labute approximate surface area is 214 Å².